The van der Waals surface area contributed by atoms with Crippen molar-refractivity contribution in [2.24, 2.45) is 0 Å². The van der Waals surface area contributed by atoms with Crippen LogP contribution in [0.3, 0.4) is 0 Å². The van der Waals surface area contributed by atoms with Gasteiger partial charge in [0.2, 0.25) is 0 Å². The SMILES string of the molecule is CNC(C)c1ccc(-c2ccccc2OC)cc1. The highest BCUT2D eigenvalue weighted by Gasteiger charge is 2.06. The van der Waals surface area contributed by atoms with Crippen LogP contribution >= 0.6 is 0 Å². The van der Waals surface area contributed by atoms with Crippen molar-refractivity contribution in [3.63, 3.8) is 0 Å². The lowest BCUT2D eigenvalue weighted by molar-refractivity contribution is 0.416. The zero-order chi connectivity index (χ0) is 13.0. The van der Waals surface area contributed by atoms with E-state index < -0.39 is 0 Å². The summed E-state index contributed by atoms with van der Waals surface area (Å²) in [4.78, 5) is 0. The maximum Gasteiger partial charge on any atom is 0.126 e. The summed E-state index contributed by atoms with van der Waals surface area (Å²) in [6.07, 6.45) is 0. The fourth-order valence-electron chi connectivity index (χ4n) is 2.00. The summed E-state index contributed by atoms with van der Waals surface area (Å²) in [6.45, 7) is 2.15. The minimum absolute atomic E-state index is 0.372. The second-order valence-corrected chi connectivity index (χ2v) is 4.33. The quantitative estimate of drug-likeness (QED) is 0.882. The number of rotatable bonds is 4. The summed E-state index contributed by atoms with van der Waals surface area (Å²) < 4.78 is 5.39. The molecule has 2 nitrogen and oxygen atoms in total. The highest BCUT2D eigenvalue weighted by molar-refractivity contribution is 5.70. The number of hydrogen-bond acceptors (Lipinski definition) is 2. The van der Waals surface area contributed by atoms with Crippen LogP contribution in [0.4, 0.5) is 0 Å². The van der Waals surface area contributed by atoms with E-state index in [1.165, 1.54) is 11.1 Å². The molecule has 94 valence electrons. The van der Waals surface area contributed by atoms with Gasteiger partial charge in [-0.1, -0.05) is 42.5 Å². The van der Waals surface area contributed by atoms with Gasteiger partial charge in [-0.15, -0.1) is 0 Å². The summed E-state index contributed by atoms with van der Waals surface area (Å²) in [7, 11) is 3.68. The number of para-hydroxylation sites is 1. The van der Waals surface area contributed by atoms with Gasteiger partial charge in [-0.05, 0) is 31.2 Å². The van der Waals surface area contributed by atoms with E-state index in [-0.39, 0.29) is 0 Å². The van der Waals surface area contributed by atoms with E-state index in [0.29, 0.717) is 6.04 Å². The van der Waals surface area contributed by atoms with Crippen LogP contribution in [-0.4, -0.2) is 14.2 Å². The first kappa shape index (κ1) is 12.7. The van der Waals surface area contributed by atoms with Crippen LogP contribution in [-0.2, 0) is 0 Å². The smallest absolute Gasteiger partial charge is 0.126 e. The Hall–Kier alpha value is -1.80. The van der Waals surface area contributed by atoms with Gasteiger partial charge in [0.05, 0.1) is 7.11 Å². The highest BCUT2D eigenvalue weighted by Crippen LogP contribution is 2.30. The molecule has 0 bridgehead atoms. The van der Waals surface area contributed by atoms with Crippen molar-refractivity contribution < 1.29 is 4.74 Å². The molecule has 2 heteroatoms. The van der Waals surface area contributed by atoms with Crippen LogP contribution in [0, 0.1) is 0 Å². The number of benzene rings is 2. The van der Waals surface area contributed by atoms with Crippen molar-refractivity contribution in [3.05, 3.63) is 54.1 Å². The van der Waals surface area contributed by atoms with Crippen LogP contribution in [0.2, 0.25) is 0 Å². The third kappa shape index (κ3) is 2.54. The minimum Gasteiger partial charge on any atom is -0.496 e. The van der Waals surface area contributed by atoms with Crippen molar-refractivity contribution in [1.82, 2.24) is 5.32 Å². The van der Waals surface area contributed by atoms with Crippen molar-refractivity contribution in [2.45, 2.75) is 13.0 Å². The third-order valence-corrected chi connectivity index (χ3v) is 3.26. The molecule has 2 aromatic rings. The topological polar surface area (TPSA) is 21.3 Å². The van der Waals surface area contributed by atoms with Gasteiger partial charge in [-0.25, -0.2) is 0 Å². The fourth-order valence-corrected chi connectivity index (χ4v) is 2.00. The van der Waals surface area contributed by atoms with E-state index in [1.807, 2.05) is 25.2 Å². The molecule has 0 heterocycles. The molecule has 0 saturated carbocycles. The number of methoxy groups -OCH3 is 1. The molecular formula is C16H19NO. The van der Waals surface area contributed by atoms with Crippen molar-refractivity contribution in [1.29, 1.82) is 0 Å². The molecule has 1 unspecified atom stereocenters. The Kier molecular flexibility index (Phi) is 4.00. The molecular weight excluding hydrogens is 222 g/mol. The van der Waals surface area contributed by atoms with Gasteiger partial charge in [-0.3, -0.25) is 0 Å². The van der Waals surface area contributed by atoms with Gasteiger partial charge in [0.15, 0.2) is 0 Å². The van der Waals surface area contributed by atoms with E-state index >= 15 is 0 Å². The summed E-state index contributed by atoms with van der Waals surface area (Å²) in [6, 6.07) is 17.0. The van der Waals surface area contributed by atoms with E-state index in [2.05, 4.69) is 42.6 Å². The van der Waals surface area contributed by atoms with Crippen LogP contribution in [0.1, 0.15) is 18.5 Å². The molecule has 0 spiro atoms. The van der Waals surface area contributed by atoms with E-state index in [1.54, 1.807) is 7.11 Å². The summed E-state index contributed by atoms with van der Waals surface area (Å²) in [5.74, 6) is 0.909. The minimum atomic E-state index is 0.372. The van der Waals surface area contributed by atoms with Gasteiger partial charge in [0.25, 0.3) is 0 Å². The standard InChI is InChI=1S/C16H19NO/c1-12(17-2)13-8-10-14(11-9-13)15-6-4-5-7-16(15)18-3/h4-12,17H,1-3H3. The van der Waals surface area contributed by atoms with Crippen LogP contribution in [0.15, 0.2) is 48.5 Å². The molecule has 0 radical (unpaired) electrons. The zero-order valence-corrected chi connectivity index (χ0v) is 11.1. The van der Waals surface area contributed by atoms with E-state index in [9.17, 15) is 0 Å². The zero-order valence-electron chi connectivity index (χ0n) is 11.1. The second-order valence-electron chi connectivity index (χ2n) is 4.33. The Morgan fingerprint density at radius 3 is 2.28 bits per heavy atom. The molecule has 0 aromatic heterocycles. The van der Waals surface area contributed by atoms with E-state index in [0.717, 1.165) is 11.3 Å². The number of hydrogen-bond donors (Lipinski definition) is 1. The summed E-state index contributed by atoms with van der Waals surface area (Å²) >= 11 is 0. The molecule has 1 N–H and O–H groups in total. The Labute approximate surface area is 109 Å². The molecule has 0 aliphatic rings. The van der Waals surface area contributed by atoms with Crippen molar-refractivity contribution in [3.8, 4) is 16.9 Å². The van der Waals surface area contributed by atoms with Gasteiger partial charge in [-0.2, -0.15) is 0 Å². The monoisotopic (exact) mass is 241 g/mol. The first-order valence-corrected chi connectivity index (χ1v) is 6.17. The largest absolute Gasteiger partial charge is 0.496 e. The summed E-state index contributed by atoms with van der Waals surface area (Å²) in [5.41, 5.74) is 3.60. The lowest BCUT2D eigenvalue weighted by Gasteiger charge is -2.12. The highest BCUT2D eigenvalue weighted by atomic mass is 16.5. The lowest BCUT2D eigenvalue weighted by Crippen LogP contribution is -2.11. The average molecular weight is 241 g/mol. The molecule has 0 amide bonds. The molecule has 1 atom stereocenters. The number of nitrogens with one attached hydrogen (secondary N) is 1. The third-order valence-electron chi connectivity index (χ3n) is 3.26. The Morgan fingerprint density at radius 2 is 1.67 bits per heavy atom. The van der Waals surface area contributed by atoms with Crippen LogP contribution < -0.4 is 10.1 Å². The lowest BCUT2D eigenvalue weighted by atomic mass is 10.0. The predicted molar refractivity (Wildman–Crippen MR) is 75.9 cm³/mol. The molecule has 0 fully saturated rings. The maximum atomic E-state index is 5.39. The second kappa shape index (κ2) is 5.69. The Balaban J connectivity index is 2.34. The maximum absolute atomic E-state index is 5.39. The van der Waals surface area contributed by atoms with Gasteiger partial charge < -0.3 is 10.1 Å². The average Bonchev–Trinajstić information content (AvgIpc) is 2.46. The normalized spacial score (nSPS) is 12.2. The number of ether oxygens (including phenoxy) is 1. The van der Waals surface area contributed by atoms with Gasteiger partial charge >= 0.3 is 0 Å². The first-order valence-electron chi connectivity index (χ1n) is 6.17. The van der Waals surface area contributed by atoms with Gasteiger partial charge in [0.1, 0.15) is 5.75 Å². The Morgan fingerprint density at radius 1 is 1.00 bits per heavy atom. The molecule has 0 aliphatic heterocycles. The van der Waals surface area contributed by atoms with Crippen molar-refractivity contribution >= 4 is 0 Å². The van der Waals surface area contributed by atoms with Crippen LogP contribution in [0.5, 0.6) is 5.75 Å². The Bertz CT molecular complexity index is 505. The summed E-state index contributed by atoms with van der Waals surface area (Å²) in [5, 5.41) is 3.24. The molecule has 0 saturated heterocycles. The predicted octanol–water partition coefficient (Wildman–Crippen LogP) is 3.64. The van der Waals surface area contributed by atoms with Crippen molar-refractivity contribution in [2.75, 3.05) is 14.2 Å². The fraction of sp³-hybridized carbons (Fsp3) is 0.250. The van der Waals surface area contributed by atoms with Crippen LogP contribution in [0.25, 0.3) is 11.1 Å². The molecule has 2 rings (SSSR count). The first-order chi connectivity index (χ1) is 8.76. The molecule has 2 aromatic carbocycles. The van der Waals surface area contributed by atoms with Gasteiger partial charge in [0, 0.05) is 11.6 Å². The molecule has 0 aliphatic carbocycles. The molecule has 18 heavy (non-hydrogen) atoms. The van der Waals surface area contributed by atoms with E-state index in [4.69, 9.17) is 4.74 Å².